The van der Waals surface area contributed by atoms with Crippen molar-refractivity contribution in [1.29, 1.82) is 5.41 Å². The summed E-state index contributed by atoms with van der Waals surface area (Å²) in [6, 6.07) is 6.51. The Balaban J connectivity index is 2.30. The molecule has 0 aliphatic carbocycles. The van der Waals surface area contributed by atoms with Gasteiger partial charge in [-0.05, 0) is 26.0 Å². The molecule has 0 atom stereocenters. The maximum atomic E-state index is 13.8. The zero-order valence-corrected chi connectivity index (χ0v) is 10.4. The third-order valence-electron chi connectivity index (χ3n) is 2.79. The number of aryl methyl sites for hydroxylation is 2. The first kappa shape index (κ1) is 12.3. The second-order valence-electron chi connectivity index (χ2n) is 4.30. The average Bonchev–Trinajstić information content (AvgIpc) is 2.60. The van der Waals surface area contributed by atoms with Crippen molar-refractivity contribution in [3.8, 4) is 0 Å². The van der Waals surface area contributed by atoms with E-state index >= 15 is 0 Å². The molecule has 5 heteroatoms. The maximum Gasteiger partial charge on any atom is 0.129 e. The number of nitrogens with two attached hydrogens (primary N) is 1. The standard InChI is InChI=1S/C13H15FN4/c1-8-5-9(2)18(17-8)7-11-4-3-10(13(15)16)6-12(11)14/h3-6H,7H2,1-2H3,(H3,15,16). The van der Waals surface area contributed by atoms with Gasteiger partial charge in [0.15, 0.2) is 0 Å². The predicted octanol–water partition coefficient (Wildman–Crippen LogP) is 1.97. The highest BCUT2D eigenvalue weighted by atomic mass is 19.1. The number of aromatic nitrogens is 2. The van der Waals surface area contributed by atoms with E-state index < -0.39 is 0 Å². The molecule has 4 nitrogen and oxygen atoms in total. The van der Waals surface area contributed by atoms with Gasteiger partial charge in [0, 0.05) is 16.8 Å². The lowest BCUT2D eigenvalue weighted by molar-refractivity contribution is 0.578. The van der Waals surface area contributed by atoms with Crippen LogP contribution in [0, 0.1) is 25.1 Å². The molecule has 1 aromatic heterocycles. The van der Waals surface area contributed by atoms with E-state index in [4.69, 9.17) is 11.1 Å². The molecular formula is C13H15FN4. The van der Waals surface area contributed by atoms with Gasteiger partial charge >= 0.3 is 0 Å². The normalized spacial score (nSPS) is 10.6. The number of hydrogen-bond acceptors (Lipinski definition) is 2. The van der Waals surface area contributed by atoms with Gasteiger partial charge in [-0.25, -0.2) is 4.39 Å². The fraction of sp³-hybridized carbons (Fsp3) is 0.231. The van der Waals surface area contributed by atoms with Gasteiger partial charge in [-0.3, -0.25) is 10.1 Å². The summed E-state index contributed by atoms with van der Waals surface area (Å²) in [4.78, 5) is 0. The van der Waals surface area contributed by atoms with Crippen molar-refractivity contribution < 1.29 is 4.39 Å². The van der Waals surface area contributed by atoms with Crippen LogP contribution in [0.3, 0.4) is 0 Å². The van der Waals surface area contributed by atoms with Crippen LogP contribution in [0.2, 0.25) is 0 Å². The average molecular weight is 246 g/mol. The van der Waals surface area contributed by atoms with Crippen LogP contribution in [-0.4, -0.2) is 15.6 Å². The predicted molar refractivity (Wildman–Crippen MR) is 68.2 cm³/mol. The molecule has 0 bridgehead atoms. The number of hydrogen-bond donors (Lipinski definition) is 2. The lowest BCUT2D eigenvalue weighted by Gasteiger charge is -2.07. The largest absolute Gasteiger partial charge is 0.384 e. The molecule has 1 aromatic carbocycles. The van der Waals surface area contributed by atoms with Crippen LogP contribution in [-0.2, 0) is 6.54 Å². The Morgan fingerprint density at radius 3 is 2.61 bits per heavy atom. The lowest BCUT2D eigenvalue weighted by atomic mass is 10.1. The molecule has 0 spiro atoms. The summed E-state index contributed by atoms with van der Waals surface area (Å²) in [5.74, 6) is -0.498. The van der Waals surface area contributed by atoms with Crippen molar-refractivity contribution in [2.45, 2.75) is 20.4 Å². The topological polar surface area (TPSA) is 67.7 Å². The zero-order valence-electron chi connectivity index (χ0n) is 10.4. The van der Waals surface area contributed by atoms with Gasteiger partial charge in [0.05, 0.1) is 12.2 Å². The number of rotatable bonds is 3. The Morgan fingerprint density at radius 1 is 1.39 bits per heavy atom. The molecule has 94 valence electrons. The molecule has 0 radical (unpaired) electrons. The number of halogens is 1. The van der Waals surface area contributed by atoms with Crippen LogP contribution in [0.5, 0.6) is 0 Å². The third kappa shape index (κ3) is 2.40. The second-order valence-corrected chi connectivity index (χ2v) is 4.30. The van der Waals surface area contributed by atoms with Crippen LogP contribution < -0.4 is 5.73 Å². The van der Waals surface area contributed by atoms with E-state index in [0.29, 0.717) is 17.7 Å². The van der Waals surface area contributed by atoms with Crippen LogP contribution in [0.4, 0.5) is 4.39 Å². The van der Waals surface area contributed by atoms with Gasteiger partial charge in [-0.2, -0.15) is 5.10 Å². The first-order chi connectivity index (χ1) is 8.47. The Bertz CT molecular complexity index is 601. The van der Waals surface area contributed by atoms with Crippen LogP contribution in [0.15, 0.2) is 24.3 Å². The minimum atomic E-state index is -0.366. The molecular weight excluding hydrogens is 231 g/mol. The monoisotopic (exact) mass is 246 g/mol. The van der Waals surface area contributed by atoms with Gasteiger partial charge in [0.25, 0.3) is 0 Å². The van der Waals surface area contributed by atoms with E-state index in [1.807, 2.05) is 19.9 Å². The number of nitrogens with one attached hydrogen (secondary N) is 1. The van der Waals surface area contributed by atoms with E-state index in [2.05, 4.69) is 5.10 Å². The molecule has 0 aliphatic rings. The first-order valence-electron chi connectivity index (χ1n) is 5.61. The summed E-state index contributed by atoms with van der Waals surface area (Å²) in [6.45, 7) is 4.21. The van der Waals surface area contributed by atoms with Gasteiger partial charge in [-0.15, -0.1) is 0 Å². The minimum Gasteiger partial charge on any atom is -0.384 e. The summed E-state index contributed by atoms with van der Waals surface area (Å²) in [5, 5.41) is 11.5. The molecule has 3 N–H and O–H groups in total. The number of amidine groups is 1. The Morgan fingerprint density at radius 2 is 2.11 bits per heavy atom. The van der Waals surface area contributed by atoms with Gasteiger partial charge in [0.1, 0.15) is 11.7 Å². The van der Waals surface area contributed by atoms with Gasteiger partial charge < -0.3 is 5.73 Å². The van der Waals surface area contributed by atoms with E-state index in [0.717, 1.165) is 11.4 Å². The van der Waals surface area contributed by atoms with Crippen molar-refractivity contribution in [2.75, 3.05) is 0 Å². The van der Waals surface area contributed by atoms with Gasteiger partial charge in [-0.1, -0.05) is 12.1 Å². The third-order valence-corrected chi connectivity index (χ3v) is 2.79. The van der Waals surface area contributed by atoms with E-state index in [1.165, 1.54) is 6.07 Å². The van der Waals surface area contributed by atoms with E-state index in [1.54, 1.807) is 16.8 Å². The first-order valence-corrected chi connectivity index (χ1v) is 5.61. The van der Waals surface area contributed by atoms with Crippen molar-refractivity contribution in [1.82, 2.24) is 9.78 Å². The highest BCUT2D eigenvalue weighted by Crippen LogP contribution is 2.13. The van der Waals surface area contributed by atoms with Crippen molar-refractivity contribution in [2.24, 2.45) is 5.73 Å². The van der Waals surface area contributed by atoms with E-state index in [9.17, 15) is 4.39 Å². The molecule has 0 amide bonds. The summed E-state index contributed by atoms with van der Waals surface area (Å²) < 4.78 is 15.6. The number of benzene rings is 1. The van der Waals surface area contributed by atoms with Gasteiger partial charge in [0.2, 0.25) is 0 Å². The molecule has 0 unspecified atom stereocenters. The smallest absolute Gasteiger partial charge is 0.129 e. The second kappa shape index (κ2) is 4.60. The maximum absolute atomic E-state index is 13.8. The fourth-order valence-electron chi connectivity index (χ4n) is 1.84. The van der Waals surface area contributed by atoms with Crippen molar-refractivity contribution in [3.05, 3.63) is 52.6 Å². The number of nitrogen functional groups attached to an aromatic ring is 1. The molecule has 0 fully saturated rings. The van der Waals surface area contributed by atoms with E-state index in [-0.39, 0.29) is 11.7 Å². The summed E-state index contributed by atoms with van der Waals surface area (Å²) >= 11 is 0. The SMILES string of the molecule is Cc1cc(C)n(Cc2ccc(C(=N)N)cc2F)n1. The van der Waals surface area contributed by atoms with Crippen molar-refractivity contribution in [3.63, 3.8) is 0 Å². The highest BCUT2D eigenvalue weighted by Gasteiger charge is 2.08. The van der Waals surface area contributed by atoms with Crippen LogP contribution >= 0.6 is 0 Å². The Hall–Kier alpha value is -2.17. The van der Waals surface area contributed by atoms with Crippen molar-refractivity contribution >= 4 is 5.84 Å². The summed E-state index contributed by atoms with van der Waals surface area (Å²) in [5.41, 5.74) is 8.14. The Labute approximate surface area is 105 Å². The van der Waals surface area contributed by atoms with Crippen LogP contribution in [0.1, 0.15) is 22.5 Å². The minimum absolute atomic E-state index is 0.133. The molecule has 0 saturated carbocycles. The summed E-state index contributed by atoms with van der Waals surface area (Å²) in [7, 11) is 0. The Kier molecular flexibility index (Phi) is 3.14. The molecule has 1 heterocycles. The highest BCUT2D eigenvalue weighted by molar-refractivity contribution is 5.94. The number of nitrogens with zero attached hydrogens (tertiary/aromatic N) is 2. The molecule has 2 aromatic rings. The molecule has 18 heavy (non-hydrogen) atoms. The summed E-state index contributed by atoms with van der Waals surface area (Å²) in [6.07, 6.45) is 0. The lowest BCUT2D eigenvalue weighted by Crippen LogP contribution is -2.12. The fourth-order valence-corrected chi connectivity index (χ4v) is 1.84. The zero-order chi connectivity index (χ0) is 13.3. The molecule has 0 aliphatic heterocycles. The van der Waals surface area contributed by atoms with Crippen LogP contribution in [0.25, 0.3) is 0 Å². The molecule has 0 saturated heterocycles. The molecule has 2 rings (SSSR count). The quantitative estimate of drug-likeness (QED) is 0.642.